The van der Waals surface area contributed by atoms with Crippen LogP contribution in [-0.4, -0.2) is 16.9 Å². The normalized spacial score (nSPS) is 10.9. The molecule has 2 N–H and O–H groups in total. The maximum absolute atomic E-state index is 12.0. The van der Waals surface area contributed by atoms with Crippen LogP contribution in [0, 0.1) is 0 Å². The Hall–Kier alpha value is -2.21. The van der Waals surface area contributed by atoms with Crippen molar-refractivity contribution in [2.24, 2.45) is 0 Å². The summed E-state index contributed by atoms with van der Waals surface area (Å²) in [5.74, 6) is -0.846. The number of phenolic OH excluding ortho intramolecular Hbond substituents is 1. The maximum atomic E-state index is 12.0. The summed E-state index contributed by atoms with van der Waals surface area (Å²) >= 11 is 0. The molecule has 0 amide bonds. The van der Waals surface area contributed by atoms with E-state index in [-0.39, 0.29) is 23.2 Å². The van der Waals surface area contributed by atoms with Crippen molar-refractivity contribution in [1.29, 1.82) is 0 Å². The fourth-order valence-corrected chi connectivity index (χ4v) is 2.23. The highest BCUT2D eigenvalue weighted by atomic mass is 16.5. The van der Waals surface area contributed by atoms with Crippen LogP contribution in [0.5, 0.6) is 11.5 Å². The predicted molar refractivity (Wildman–Crippen MR) is 72.4 cm³/mol. The van der Waals surface area contributed by atoms with E-state index in [1.807, 2.05) is 6.92 Å². The minimum absolute atomic E-state index is 0.0582. The molecule has 0 unspecified atom stereocenters. The first-order valence-corrected chi connectivity index (χ1v) is 6.45. The van der Waals surface area contributed by atoms with Crippen LogP contribution in [0.15, 0.2) is 21.3 Å². The van der Waals surface area contributed by atoms with E-state index in [0.29, 0.717) is 12.0 Å². The van der Waals surface area contributed by atoms with Gasteiger partial charge in [0, 0.05) is 18.0 Å². The fraction of sp³-hybridized carbons (Fsp3) is 0.357. The first-order chi connectivity index (χ1) is 9.49. The smallest absolute Gasteiger partial charge is 0.336 e. The number of phenols is 1. The molecule has 20 heavy (non-hydrogen) atoms. The number of aromatic hydroxyl groups is 1. The topological polar surface area (TPSA) is 97.0 Å². The van der Waals surface area contributed by atoms with E-state index in [2.05, 4.69) is 0 Å². The van der Waals surface area contributed by atoms with Gasteiger partial charge in [0.25, 0.3) is 0 Å². The molecule has 1 heterocycles. The van der Waals surface area contributed by atoms with Crippen molar-refractivity contribution < 1.29 is 19.8 Å². The highest BCUT2D eigenvalue weighted by molar-refractivity contribution is 5.98. The summed E-state index contributed by atoms with van der Waals surface area (Å²) in [6.45, 7) is 3.75. The second-order valence-corrected chi connectivity index (χ2v) is 4.50. The van der Waals surface area contributed by atoms with Gasteiger partial charge >= 0.3 is 5.63 Å². The lowest BCUT2D eigenvalue weighted by atomic mass is 10.0. The van der Waals surface area contributed by atoms with Gasteiger partial charge in [0.2, 0.25) is 0 Å². The predicted octanol–water partition coefficient (Wildman–Crippen LogP) is 1.74. The SMILES string of the molecule is CCCc1cc(=O)oc2c(N(O)CC)c(O)cc([O-])c12. The van der Waals surface area contributed by atoms with Gasteiger partial charge in [-0.3, -0.25) is 5.21 Å². The summed E-state index contributed by atoms with van der Waals surface area (Å²) in [7, 11) is 0. The van der Waals surface area contributed by atoms with Gasteiger partial charge in [-0.1, -0.05) is 19.1 Å². The molecule has 1 aromatic carbocycles. The highest BCUT2D eigenvalue weighted by Crippen LogP contribution is 2.40. The Morgan fingerprint density at radius 1 is 1.35 bits per heavy atom. The van der Waals surface area contributed by atoms with Crippen molar-refractivity contribution >= 4 is 16.7 Å². The van der Waals surface area contributed by atoms with E-state index in [1.54, 1.807) is 6.92 Å². The molecular weight excluding hydrogens is 262 g/mol. The standard InChI is InChI=1S/C14H17NO5/c1-3-5-8-6-11(18)20-14-12(8)9(16)7-10(17)13(14)15(19)4-2/h6-7,16-17,19H,3-5H2,1-2H3/p-1. The van der Waals surface area contributed by atoms with Crippen LogP contribution in [0.1, 0.15) is 25.8 Å². The number of benzene rings is 1. The molecule has 6 nitrogen and oxygen atoms in total. The van der Waals surface area contributed by atoms with Crippen LogP contribution in [0.4, 0.5) is 5.69 Å². The summed E-state index contributed by atoms with van der Waals surface area (Å²) in [6, 6.07) is 2.30. The van der Waals surface area contributed by atoms with E-state index in [9.17, 15) is 20.2 Å². The van der Waals surface area contributed by atoms with E-state index in [0.717, 1.165) is 17.6 Å². The van der Waals surface area contributed by atoms with Crippen molar-refractivity contribution in [3.05, 3.63) is 28.1 Å². The summed E-state index contributed by atoms with van der Waals surface area (Å²) in [5, 5.41) is 32.7. The maximum Gasteiger partial charge on any atom is 0.336 e. The van der Waals surface area contributed by atoms with E-state index < -0.39 is 17.1 Å². The molecule has 0 aliphatic carbocycles. The molecule has 1 aromatic heterocycles. The lowest BCUT2D eigenvalue weighted by Crippen LogP contribution is -2.18. The van der Waals surface area contributed by atoms with Crippen LogP contribution in [-0.2, 0) is 6.42 Å². The van der Waals surface area contributed by atoms with Gasteiger partial charge in [0.05, 0.1) is 0 Å². The summed E-state index contributed by atoms with van der Waals surface area (Å²) < 4.78 is 5.05. The molecule has 0 radical (unpaired) electrons. The van der Waals surface area contributed by atoms with E-state index in [4.69, 9.17) is 4.42 Å². The van der Waals surface area contributed by atoms with Crippen LogP contribution in [0.2, 0.25) is 0 Å². The summed E-state index contributed by atoms with van der Waals surface area (Å²) in [6.07, 6.45) is 1.30. The van der Waals surface area contributed by atoms with Crippen LogP contribution in [0.3, 0.4) is 0 Å². The van der Waals surface area contributed by atoms with Crippen molar-refractivity contribution in [1.82, 2.24) is 0 Å². The van der Waals surface area contributed by atoms with Gasteiger partial charge in [-0.25, -0.2) is 9.86 Å². The molecule has 6 heteroatoms. The molecule has 0 fully saturated rings. The van der Waals surface area contributed by atoms with Gasteiger partial charge in [-0.15, -0.1) is 0 Å². The lowest BCUT2D eigenvalue weighted by Gasteiger charge is -2.21. The number of aryl methyl sites for hydroxylation is 1. The Labute approximate surface area is 115 Å². The minimum atomic E-state index is -0.614. The molecule has 0 atom stereocenters. The van der Waals surface area contributed by atoms with Crippen LogP contribution < -0.4 is 15.8 Å². The number of hydrogen-bond donors (Lipinski definition) is 2. The van der Waals surface area contributed by atoms with E-state index in [1.165, 1.54) is 6.07 Å². The zero-order valence-corrected chi connectivity index (χ0v) is 11.3. The number of nitrogens with zero attached hydrogens (tertiary/aromatic N) is 1. The average Bonchev–Trinajstić information content (AvgIpc) is 2.37. The summed E-state index contributed by atoms with van der Waals surface area (Å²) in [5.41, 5.74) is -0.182. The van der Waals surface area contributed by atoms with E-state index >= 15 is 0 Å². The highest BCUT2D eigenvalue weighted by Gasteiger charge is 2.18. The third-order valence-electron chi connectivity index (χ3n) is 3.09. The first kappa shape index (κ1) is 14.2. The molecule has 0 spiro atoms. The van der Waals surface area contributed by atoms with Crippen molar-refractivity contribution in [3.63, 3.8) is 0 Å². The fourth-order valence-electron chi connectivity index (χ4n) is 2.23. The Bertz CT molecular complexity index is 692. The summed E-state index contributed by atoms with van der Waals surface area (Å²) in [4.78, 5) is 11.6. The molecule has 0 aliphatic rings. The minimum Gasteiger partial charge on any atom is -0.872 e. The number of anilines is 1. The number of hydrogen-bond acceptors (Lipinski definition) is 6. The van der Waals surface area contributed by atoms with Crippen molar-refractivity contribution in [3.8, 4) is 11.5 Å². The lowest BCUT2D eigenvalue weighted by molar-refractivity contribution is -0.265. The zero-order valence-electron chi connectivity index (χ0n) is 11.3. The second kappa shape index (κ2) is 5.42. The molecule has 108 valence electrons. The second-order valence-electron chi connectivity index (χ2n) is 4.50. The molecule has 0 saturated heterocycles. The van der Waals surface area contributed by atoms with Gasteiger partial charge < -0.3 is 14.6 Å². The van der Waals surface area contributed by atoms with Crippen LogP contribution in [0.25, 0.3) is 11.0 Å². The van der Waals surface area contributed by atoms with Crippen LogP contribution >= 0.6 is 0 Å². The third-order valence-corrected chi connectivity index (χ3v) is 3.09. The van der Waals surface area contributed by atoms with Crippen molar-refractivity contribution in [2.45, 2.75) is 26.7 Å². The third kappa shape index (κ3) is 2.30. The molecule has 0 aliphatic heterocycles. The Morgan fingerprint density at radius 3 is 2.65 bits per heavy atom. The monoisotopic (exact) mass is 278 g/mol. The Kier molecular flexibility index (Phi) is 3.85. The number of fused-ring (bicyclic) bond motifs is 1. The molecule has 2 aromatic rings. The van der Waals surface area contributed by atoms with Gasteiger partial charge in [0.15, 0.2) is 5.58 Å². The number of hydroxylamine groups is 1. The van der Waals surface area contributed by atoms with Gasteiger partial charge in [0.1, 0.15) is 11.4 Å². The van der Waals surface area contributed by atoms with Gasteiger partial charge in [-0.2, -0.15) is 0 Å². The van der Waals surface area contributed by atoms with Crippen molar-refractivity contribution in [2.75, 3.05) is 11.6 Å². The number of rotatable bonds is 4. The molecular formula is C14H16NO5-. The zero-order chi connectivity index (χ0) is 14.9. The Morgan fingerprint density at radius 2 is 2.05 bits per heavy atom. The molecule has 0 bridgehead atoms. The quantitative estimate of drug-likeness (QED) is 0.653. The largest absolute Gasteiger partial charge is 0.872 e. The molecule has 2 rings (SSSR count). The Balaban J connectivity index is 2.91. The molecule has 0 saturated carbocycles. The average molecular weight is 278 g/mol. The van der Waals surface area contributed by atoms with Gasteiger partial charge in [-0.05, 0) is 25.0 Å². The first-order valence-electron chi connectivity index (χ1n) is 6.45.